The van der Waals surface area contributed by atoms with E-state index < -0.39 is 0 Å². The summed E-state index contributed by atoms with van der Waals surface area (Å²) in [6.07, 6.45) is 1.57. The predicted octanol–water partition coefficient (Wildman–Crippen LogP) is 2.59. The smallest absolute Gasteiger partial charge is 0.259 e. The van der Waals surface area contributed by atoms with Crippen LogP contribution in [0.15, 0.2) is 36.9 Å². The first kappa shape index (κ1) is 17.2. The van der Waals surface area contributed by atoms with Crippen molar-refractivity contribution >= 4 is 17.5 Å². The Kier molecular flexibility index (Phi) is 5.52. The van der Waals surface area contributed by atoms with Gasteiger partial charge in [0.1, 0.15) is 11.0 Å². The summed E-state index contributed by atoms with van der Waals surface area (Å²) in [4.78, 5) is 14.1. The fraction of sp³-hybridized carbons (Fsp3) is 0.250. The first-order chi connectivity index (χ1) is 11.0. The summed E-state index contributed by atoms with van der Waals surface area (Å²) < 4.78 is 14.4. The Balaban J connectivity index is 2.42. The van der Waals surface area contributed by atoms with Crippen molar-refractivity contribution in [1.29, 1.82) is 0 Å². The molecule has 0 atom stereocenters. The van der Waals surface area contributed by atoms with Crippen LogP contribution in [0.2, 0.25) is 5.15 Å². The molecule has 0 fully saturated rings. The summed E-state index contributed by atoms with van der Waals surface area (Å²) in [7, 11) is 0. The van der Waals surface area contributed by atoms with Gasteiger partial charge in [0, 0.05) is 13.1 Å². The number of carbonyl (C=O) groups excluding carboxylic acids is 1. The number of carbonyl (C=O) groups is 1. The fourth-order valence-electron chi connectivity index (χ4n) is 2.21. The standard InChI is InChI=1S/C16H17ClFN3O2/c1-3-8-20(9-10-22)16(23)14-11(2)19-21(15(14)17)13-6-4-12(18)5-7-13/h3-7,22H,1,8-10H2,2H3. The zero-order valence-corrected chi connectivity index (χ0v) is 13.4. The van der Waals surface area contributed by atoms with Crippen LogP contribution in [0, 0.1) is 12.7 Å². The Hall–Kier alpha value is -2.18. The second kappa shape index (κ2) is 7.39. The summed E-state index contributed by atoms with van der Waals surface area (Å²) in [5.74, 6) is -0.708. The molecule has 1 aromatic heterocycles. The molecule has 2 rings (SSSR count). The Labute approximate surface area is 138 Å². The molecule has 2 aromatic rings. The Morgan fingerprint density at radius 1 is 1.48 bits per heavy atom. The number of nitrogens with zero attached hydrogens (tertiary/aromatic N) is 3. The molecular formula is C16H17ClFN3O2. The number of halogens is 2. The number of aryl methyl sites for hydroxylation is 1. The molecule has 1 amide bonds. The molecule has 0 bridgehead atoms. The van der Waals surface area contributed by atoms with E-state index in [4.69, 9.17) is 16.7 Å². The molecule has 122 valence electrons. The first-order valence-corrected chi connectivity index (χ1v) is 7.39. The van der Waals surface area contributed by atoms with Crippen molar-refractivity contribution in [1.82, 2.24) is 14.7 Å². The molecule has 7 heteroatoms. The van der Waals surface area contributed by atoms with Gasteiger partial charge >= 0.3 is 0 Å². The van der Waals surface area contributed by atoms with E-state index in [0.29, 0.717) is 11.4 Å². The number of aromatic nitrogens is 2. The summed E-state index contributed by atoms with van der Waals surface area (Å²) in [5.41, 5.74) is 1.26. The first-order valence-electron chi connectivity index (χ1n) is 7.01. The maximum atomic E-state index is 13.0. The summed E-state index contributed by atoms with van der Waals surface area (Å²) in [5, 5.41) is 13.5. The molecular weight excluding hydrogens is 321 g/mol. The highest BCUT2D eigenvalue weighted by Gasteiger charge is 2.24. The van der Waals surface area contributed by atoms with Gasteiger partial charge in [0.2, 0.25) is 0 Å². The van der Waals surface area contributed by atoms with Crippen LogP contribution in [-0.2, 0) is 0 Å². The van der Waals surface area contributed by atoms with Gasteiger partial charge in [-0.25, -0.2) is 9.07 Å². The summed E-state index contributed by atoms with van der Waals surface area (Å²) >= 11 is 6.31. The van der Waals surface area contributed by atoms with Crippen LogP contribution >= 0.6 is 11.6 Å². The van der Waals surface area contributed by atoms with Crippen molar-refractivity contribution in [3.63, 3.8) is 0 Å². The number of rotatable bonds is 6. The van der Waals surface area contributed by atoms with Crippen molar-refractivity contribution in [2.45, 2.75) is 6.92 Å². The van der Waals surface area contributed by atoms with Gasteiger partial charge in [-0.15, -0.1) is 6.58 Å². The molecule has 1 aromatic carbocycles. The lowest BCUT2D eigenvalue weighted by molar-refractivity contribution is 0.0742. The normalized spacial score (nSPS) is 10.6. The van der Waals surface area contributed by atoms with Gasteiger partial charge < -0.3 is 10.0 Å². The van der Waals surface area contributed by atoms with Gasteiger partial charge in [0.05, 0.1) is 23.6 Å². The predicted molar refractivity (Wildman–Crippen MR) is 86.5 cm³/mol. The third kappa shape index (κ3) is 3.60. The second-order valence-electron chi connectivity index (χ2n) is 4.90. The molecule has 5 nitrogen and oxygen atoms in total. The van der Waals surface area contributed by atoms with Crippen LogP contribution in [0.5, 0.6) is 0 Å². The SMILES string of the molecule is C=CCN(CCO)C(=O)c1c(C)nn(-c2ccc(F)cc2)c1Cl. The van der Waals surface area contributed by atoms with Crippen molar-refractivity contribution in [2.75, 3.05) is 19.7 Å². The summed E-state index contributed by atoms with van der Waals surface area (Å²) in [6, 6.07) is 5.63. The van der Waals surface area contributed by atoms with E-state index in [1.54, 1.807) is 13.0 Å². The van der Waals surface area contributed by atoms with Gasteiger partial charge in [-0.3, -0.25) is 4.79 Å². The topological polar surface area (TPSA) is 58.4 Å². The lowest BCUT2D eigenvalue weighted by atomic mass is 10.2. The van der Waals surface area contributed by atoms with Crippen molar-refractivity contribution in [3.05, 3.63) is 59.1 Å². The van der Waals surface area contributed by atoms with Crippen molar-refractivity contribution in [2.24, 2.45) is 0 Å². The molecule has 23 heavy (non-hydrogen) atoms. The zero-order chi connectivity index (χ0) is 17.0. The number of aliphatic hydroxyl groups is 1. The summed E-state index contributed by atoms with van der Waals surface area (Å²) in [6.45, 7) is 5.56. The second-order valence-corrected chi connectivity index (χ2v) is 5.26. The highest BCUT2D eigenvalue weighted by Crippen LogP contribution is 2.25. The van der Waals surface area contributed by atoms with Crippen LogP contribution in [-0.4, -0.2) is 45.4 Å². The Morgan fingerprint density at radius 2 is 2.13 bits per heavy atom. The van der Waals surface area contributed by atoms with Crippen LogP contribution < -0.4 is 0 Å². The fourth-order valence-corrected chi connectivity index (χ4v) is 2.56. The lowest BCUT2D eigenvalue weighted by Gasteiger charge is -2.19. The number of hydrogen-bond acceptors (Lipinski definition) is 3. The third-order valence-electron chi connectivity index (χ3n) is 3.30. The quantitative estimate of drug-likeness (QED) is 0.824. The molecule has 0 spiro atoms. The number of hydrogen-bond donors (Lipinski definition) is 1. The molecule has 1 heterocycles. The molecule has 0 aliphatic carbocycles. The molecule has 0 aliphatic rings. The van der Waals surface area contributed by atoms with E-state index in [0.717, 1.165) is 0 Å². The van der Waals surface area contributed by atoms with Gasteiger partial charge in [-0.05, 0) is 31.2 Å². The zero-order valence-electron chi connectivity index (χ0n) is 12.7. The number of benzene rings is 1. The van der Waals surface area contributed by atoms with Crippen molar-refractivity contribution in [3.8, 4) is 5.69 Å². The minimum atomic E-state index is -0.370. The monoisotopic (exact) mass is 337 g/mol. The van der Waals surface area contributed by atoms with E-state index >= 15 is 0 Å². The van der Waals surface area contributed by atoms with Crippen molar-refractivity contribution < 1.29 is 14.3 Å². The van der Waals surface area contributed by atoms with E-state index in [2.05, 4.69) is 11.7 Å². The van der Waals surface area contributed by atoms with Crippen LogP contribution in [0.25, 0.3) is 5.69 Å². The van der Waals surface area contributed by atoms with Gasteiger partial charge in [-0.1, -0.05) is 17.7 Å². The van der Waals surface area contributed by atoms with Crippen LogP contribution in [0.4, 0.5) is 4.39 Å². The molecule has 0 unspecified atom stereocenters. The average molecular weight is 338 g/mol. The number of amides is 1. The molecule has 0 aliphatic heterocycles. The van der Waals surface area contributed by atoms with E-state index in [-0.39, 0.29) is 42.1 Å². The molecule has 0 saturated carbocycles. The van der Waals surface area contributed by atoms with E-state index in [1.165, 1.54) is 33.8 Å². The Morgan fingerprint density at radius 3 is 2.70 bits per heavy atom. The van der Waals surface area contributed by atoms with Gasteiger partial charge in [0.25, 0.3) is 5.91 Å². The minimum Gasteiger partial charge on any atom is -0.395 e. The van der Waals surface area contributed by atoms with Gasteiger partial charge in [-0.2, -0.15) is 5.10 Å². The number of aliphatic hydroxyl groups excluding tert-OH is 1. The van der Waals surface area contributed by atoms with E-state index in [1.807, 2.05) is 0 Å². The average Bonchev–Trinajstić information content (AvgIpc) is 2.82. The van der Waals surface area contributed by atoms with Gasteiger partial charge in [0.15, 0.2) is 0 Å². The molecule has 1 N–H and O–H groups in total. The largest absolute Gasteiger partial charge is 0.395 e. The van der Waals surface area contributed by atoms with Crippen LogP contribution in [0.3, 0.4) is 0 Å². The maximum Gasteiger partial charge on any atom is 0.259 e. The minimum absolute atomic E-state index is 0.145. The Bertz CT molecular complexity index is 713. The highest BCUT2D eigenvalue weighted by atomic mass is 35.5. The van der Waals surface area contributed by atoms with Crippen LogP contribution in [0.1, 0.15) is 16.1 Å². The van der Waals surface area contributed by atoms with E-state index in [9.17, 15) is 9.18 Å². The molecule has 0 saturated heterocycles. The molecule has 0 radical (unpaired) electrons. The highest BCUT2D eigenvalue weighted by molar-refractivity contribution is 6.33. The third-order valence-corrected chi connectivity index (χ3v) is 3.64. The maximum absolute atomic E-state index is 13.0. The lowest BCUT2D eigenvalue weighted by Crippen LogP contribution is -2.34.